The zero-order valence-corrected chi connectivity index (χ0v) is 11.6. The Balaban J connectivity index is 2.12. The molecule has 0 aliphatic carbocycles. The van der Waals surface area contributed by atoms with Crippen molar-refractivity contribution in [3.8, 4) is 0 Å². The van der Waals surface area contributed by atoms with Crippen LogP contribution >= 0.6 is 0 Å². The summed E-state index contributed by atoms with van der Waals surface area (Å²) in [5.41, 5.74) is 11.6. The minimum atomic E-state index is 0.429. The maximum Gasteiger partial charge on any atom is 0.108 e. The number of nitroso groups, excluding NO2 is 1. The van der Waals surface area contributed by atoms with Gasteiger partial charge in [-0.15, -0.1) is 4.91 Å². The molecule has 1 saturated heterocycles. The van der Waals surface area contributed by atoms with E-state index in [0.717, 1.165) is 35.4 Å². The van der Waals surface area contributed by atoms with Crippen LogP contribution in [0.2, 0.25) is 0 Å². The molecule has 3 rings (SSSR count). The second-order valence-corrected chi connectivity index (χ2v) is 5.04. The van der Waals surface area contributed by atoms with Crippen molar-refractivity contribution in [2.45, 2.75) is 6.42 Å². The molecule has 0 amide bonds. The van der Waals surface area contributed by atoms with Crippen LogP contribution in [-0.4, -0.2) is 13.2 Å². The molecule has 2 aromatic rings. The predicted molar refractivity (Wildman–Crippen MR) is 84.2 cm³/mol. The van der Waals surface area contributed by atoms with E-state index in [4.69, 9.17) is 10.5 Å². The Hall–Kier alpha value is -2.46. The monoisotopic (exact) mass is 280 g/mol. The van der Waals surface area contributed by atoms with Gasteiger partial charge in [0.15, 0.2) is 0 Å². The van der Waals surface area contributed by atoms with Crippen molar-refractivity contribution in [2.75, 3.05) is 18.9 Å². The molecule has 1 aliphatic rings. The molecule has 0 atom stereocenters. The van der Waals surface area contributed by atoms with Gasteiger partial charge < -0.3 is 10.5 Å². The van der Waals surface area contributed by atoms with Crippen LogP contribution in [0.5, 0.6) is 0 Å². The SMILES string of the molecule is Nc1cccc(/C(=C2/CCOC2)c2ccc(N=O)cc2)c1. The van der Waals surface area contributed by atoms with Crippen molar-refractivity contribution in [1.82, 2.24) is 0 Å². The lowest BCUT2D eigenvalue weighted by molar-refractivity contribution is 0.205. The Morgan fingerprint density at radius 3 is 2.52 bits per heavy atom. The van der Waals surface area contributed by atoms with Crippen molar-refractivity contribution >= 4 is 16.9 Å². The lowest BCUT2D eigenvalue weighted by atomic mass is 9.92. The number of hydrogen-bond donors (Lipinski definition) is 1. The van der Waals surface area contributed by atoms with E-state index >= 15 is 0 Å². The average molecular weight is 280 g/mol. The molecule has 0 unspecified atom stereocenters. The van der Waals surface area contributed by atoms with Crippen LogP contribution in [0.3, 0.4) is 0 Å². The van der Waals surface area contributed by atoms with Gasteiger partial charge in [-0.25, -0.2) is 0 Å². The number of nitrogen functional groups attached to an aromatic ring is 1. The van der Waals surface area contributed by atoms with Gasteiger partial charge in [-0.2, -0.15) is 0 Å². The summed E-state index contributed by atoms with van der Waals surface area (Å²) >= 11 is 0. The average Bonchev–Trinajstić information content (AvgIpc) is 3.02. The van der Waals surface area contributed by atoms with E-state index in [0.29, 0.717) is 12.3 Å². The number of nitrogens with zero attached hydrogens (tertiary/aromatic N) is 1. The molecular weight excluding hydrogens is 264 g/mol. The number of benzene rings is 2. The van der Waals surface area contributed by atoms with Crippen LogP contribution in [0.4, 0.5) is 11.4 Å². The first kappa shape index (κ1) is 13.5. The van der Waals surface area contributed by atoms with Crippen molar-refractivity contribution in [2.24, 2.45) is 5.18 Å². The van der Waals surface area contributed by atoms with Gasteiger partial charge >= 0.3 is 0 Å². The zero-order valence-electron chi connectivity index (χ0n) is 11.6. The third kappa shape index (κ3) is 2.85. The number of anilines is 1. The van der Waals surface area contributed by atoms with Gasteiger partial charge in [-0.05, 0) is 58.1 Å². The molecular formula is C17H16N2O2. The maximum absolute atomic E-state index is 10.6. The Bertz CT molecular complexity index is 682. The van der Waals surface area contributed by atoms with Gasteiger partial charge in [0.1, 0.15) is 5.69 Å². The molecule has 106 valence electrons. The van der Waals surface area contributed by atoms with Crippen LogP contribution < -0.4 is 5.73 Å². The van der Waals surface area contributed by atoms with Crippen LogP contribution in [0.15, 0.2) is 59.3 Å². The van der Waals surface area contributed by atoms with Gasteiger partial charge in [-0.3, -0.25) is 0 Å². The highest BCUT2D eigenvalue weighted by Gasteiger charge is 2.16. The summed E-state index contributed by atoms with van der Waals surface area (Å²) in [4.78, 5) is 10.6. The largest absolute Gasteiger partial charge is 0.399 e. The molecule has 0 saturated carbocycles. The summed E-state index contributed by atoms with van der Waals surface area (Å²) in [5, 5.41) is 2.94. The first-order valence-corrected chi connectivity index (χ1v) is 6.87. The number of ether oxygens (including phenoxy) is 1. The maximum atomic E-state index is 10.6. The molecule has 21 heavy (non-hydrogen) atoms. The third-order valence-electron chi connectivity index (χ3n) is 3.61. The fraction of sp³-hybridized carbons (Fsp3) is 0.176. The molecule has 4 heteroatoms. The summed E-state index contributed by atoms with van der Waals surface area (Å²) in [6, 6.07) is 15.1. The fourth-order valence-electron chi connectivity index (χ4n) is 2.62. The molecule has 2 N–H and O–H groups in total. The Morgan fingerprint density at radius 2 is 1.90 bits per heavy atom. The Labute approximate surface area is 123 Å². The molecule has 0 bridgehead atoms. The van der Waals surface area contributed by atoms with E-state index in [-0.39, 0.29) is 0 Å². The minimum Gasteiger partial charge on any atom is -0.399 e. The number of rotatable bonds is 3. The Kier molecular flexibility index (Phi) is 3.79. The van der Waals surface area contributed by atoms with E-state index in [1.54, 1.807) is 12.1 Å². The molecule has 2 aromatic carbocycles. The summed E-state index contributed by atoms with van der Waals surface area (Å²) in [5.74, 6) is 0. The first-order valence-electron chi connectivity index (χ1n) is 6.87. The van der Waals surface area contributed by atoms with E-state index in [1.165, 1.54) is 5.57 Å². The van der Waals surface area contributed by atoms with Crippen LogP contribution in [0, 0.1) is 4.91 Å². The van der Waals surface area contributed by atoms with Gasteiger partial charge in [0, 0.05) is 5.69 Å². The second-order valence-electron chi connectivity index (χ2n) is 5.04. The zero-order chi connectivity index (χ0) is 14.7. The number of hydrogen-bond acceptors (Lipinski definition) is 4. The third-order valence-corrected chi connectivity index (χ3v) is 3.61. The van der Waals surface area contributed by atoms with Crippen molar-refractivity contribution in [3.63, 3.8) is 0 Å². The molecule has 1 heterocycles. The molecule has 4 nitrogen and oxygen atoms in total. The van der Waals surface area contributed by atoms with Gasteiger partial charge in [0.05, 0.1) is 13.2 Å². The first-order chi connectivity index (χ1) is 10.3. The Morgan fingerprint density at radius 1 is 1.10 bits per heavy atom. The number of nitrogens with two attached hydrogens (primary N) is 1. The van der Waals surface area contributed by atoms with Crippen LogP contribution in [0.25, 0.3) is 5.57 Å². The van der Waals surface area contributed by atoms with Crippen molar-refractivity contribution in [3.05, 3.63) is 70.1 Å². The van der Waals surface area contributed by atoms with Crippen LogP contribution in [-0.2, 0) is 4.74 Å². The fourth-order valence-corrected chi connectivity index (χ4v) is 2.62. The summed E-state index contributed by atoms with van der Waals surface area (Å²) in [6.45, 7) is 1.38. The highest BCUT2D eigenvalue weighted by atomic mass is 16.5. The smallest absolute Gasteiger partial charge is 0.108 e. The quantitative estimate of drug-likeness (QED) is 0.685. The molecule has 0 aromatic heterocycles. The summed E-state index contributed by atoms with van der Waals surface area (Å²) < 4.78 is 5.50. The van der Waals surface area contributed by atoms with E-state index in [9.17, 15) is 4.91 Å². The summed E-state index contributed by atoms with van der Waals surface area (Å²) in [6.07, 6.45) is 0.914. The van der Waals surface area contributed by atoms with Gasteiger partial charge in [0.2, 0.25) is 0 Å². The van der Waals surface area contributed by atoms with E-state index < -0.39 is 0 Å². The van der Waals surface area contributed by atoms with Gasteiger partial charge in [0.25, 0.3) is 0 Å². The molecule has 0 radical (unpaired) electrons. The second kappa shape index (κ2) is 5.89. The standard InChI is InChI=1S/C17H16N2O2/c18-15-3-1-2-13(10-15)17(14-8-9-21-11-14)12-4-6-16(19-20)7-5-12/h1-7,10H,8-9,11,18H2/b17-14-. The highest BCUT2D eigenvalue weighted by molar-refractivity contribution is 5.84. The lowest BCUT2D eigenvalue weighted by Crippen LogP contribution is -1.96. The highest BCUT2D eigenvalue weighted by Crippen LogP contribution is 2.32. The van der Waals surface area contributed by atoms with Crippen molar-refractivity contribution in [1.29, 1.82) is 0 Å². The van der Waals surface area contributed by atoms with E-state index in [2.05, 4.69) is 5.18 Å². The lowest BCUT2D eigenvalue weighted by Gasteiger charge is -2.13. The topological polar surface area (TPSA) is 64.7 Å². The normalized spacial score (nSPS) is 16.8. The summed E-state index contributed by atoms with van der Waals surface area (Å²) in [7, 11) is 0. The molecule has 1 fully saturated rings. The van der Waals surface area contributed by atoms with E-state index in [1.807, 2.05) is 36.4 Å². The van der Waals surface area contributed by atoms with Crippen molar-refractivity contribution < 1.29 is 4.74 Å². The minimum absolute atomic E-state index is 0.429. The molecule has 0 spiro atoms. The predicted octanol–water partition coefficient (Wildman–Crippen LogP) is 3.89. The van der Waals surface area contributed by atoms with Crippen LogP contribution in [0.1, 0.15) is 17.5 Å². The van der Waals surface area contributed by atoms with Gasteiger partial charge in [-0.1, -0.05) is 24.3 Å². The molecule has 1 aliphatic heterocycles.